The van der Waals surface area contributed by atoms with Crippen LogP contribution in [-0.4, -0.2) is 41.2 Å². The first-order chi connectivity index (χ1) is 14.2. The molecule has 0 saturated carbocycles. The lowest BCUT2D eigenvalue weighted by atomic mass is 10.0. The van der Waals surface area contributed by atoms with Crippen LogP contribution in [-0.2, 0) is 6.42 Å². The van der Waals surface area contributed by atoms with Crippen molar-refractivity contribution >= 4 is 11.5 Å². The molecule has 0 spiro atoms. The van der Waals surface area contributed by atoms with E-state index < -0.39 is 0 Å². The molecule has 6 heteroatoms. The van der Waals surface area contributed by atoms with Crippen LogP contribution < -0.4 is 15.0 Å². The summed E-state index contributed by atoms with van der Waals surface area (Å²) in [5.74, 6) is 2.47. The van der Waals surface area contributed by atoms with Gasteiger partial charge >= 0.3 is 0 Å². The Morgan fingerprint density at radius 2 is 1.86 bits per heavy atom. The maximum Gasteiger partial charge on any atom is 0.180 e. The number of benzene rings is 1. The van der Waals surface area contributed by atoms with Gasteiger partial charge in [-0.2, -0.15) is 0 Å². The van der Waals surface area contributed by atoms with Crippen LogP contribution in [0.5, 0.6) is 5.75 Å². The number of anilines is 2. The molecule has 0 atom stereocenters. The second-order valence-electron chi connectivity index (χ2n) is 7.24. The Morgan fingerprint density at radius 3 is 2.52 bits per heavy atom. The number of hydrogen-bond donors (Lipinski definition) is 1. The van der Waals surface area contributed by atoms with Crippen LogP contribution in [0, 0.1) is 0 Å². The third kappa shape index (κ3) is 4.65. The molecule has 4 rings (SSSR count). The van der Waals surface area contributed by atoms with E-state index in [1.165, 1.54) is 5.69 Å². The highest BCUT2D eigenvalue weighted by Crippen LogP contribution is 2.24. The third-order valence-corrected chi connectivity index (χ3v) is 5.32. The van der Waals surface area contributed by atoms with Crippen molar-refractivity contribution in [3.8, 4) is 17.3 Å². The Hall–Kier alpha value is -3.15. The second-order valence-corrected chi connectivity index (χ2v) is 7.24. The maximum atomic E-state index is 5.26. The van der Waals surface area contributed by atoms with Crippen molar-refractivity contribution in [1.82, 2.24) is 15.0 Å². The summed E-state index contributed by atoms with van der Waals surface area (Å²) in [4.78, 5) is 16.2. The first-order valence-corrected chi connectivity index (χ1v) is 10.2. The highest BCUT2D eigenvalue weighted by Gasteiger charge is 2.20. The number of nitrogens with one attached hydrogen (secondary N) is 1. The molecular formula is C23H27N5O. The van der Waals surface area contributed by atoms with E-state index in [-0.39, 0.29) is 0 Å². The summed E-state index contributed by atoms with van der Waals surface area (Å²) in [6, 6.07) is 16.6. The molecule has 150 valence electrons. The predicted molar refractivity (Wildman–Crippen MR) is 116 cm³/mol. The van der Waals surface area contributed by atoms with E-state index in [4.69, 9.17) is 9.72 Å². The zero-order chi connectivity index (χ0) is 20.1. The topological polar surface area (TPSA) is 63.2 Å². The van der Waals surface area contributed by atoms with Crippen molar-refractivity contribution in [2.24, 2.45) is 0 Å². The van der Waals surface area contributed by atoms with Gasteiger partial charge in [0.1, 0.15) is 17.3 Å². The van der Waals surface area contributed by atoms with Crippen LogP contribution >= 0.6 is 0 Å². The second kappa shape index (κ2) is 8.90. The van der Waals surface area contributed by atoms with E-state index in [1.807, 2.05) is 30.3 Å². The summed E-state index contributed by atoms with van der Waals surface area (Å²) in [5, 5.41) is 3.63. The molecule has 3 aromatic rings. The van der Waals surface area contributed by atoms with Gasteiger partial charge in [-0.1, -0.05) is 13.0 Å². The Bertz CT molecular complexity index is 922. The molecule has 0 aliphatic carbocycles. The number of rotatable bonds is 6. The van der Waals surface area contributed by atoms with Gasteiger partial charge in [0, 0.05) is 42.8 Å². The van der Waals surface area contributed by atoms with E-state index in [2.05, 4.69) is 45.3 Å². The van der Waals surface area contributed by atoms with Gasteiger partial charge in [0.25, 0.3) is 0 Å². The van der Waals surface area contributed by atoms with Gasteiger partial charge in [0.15, 0.2) is 5.82 Å². The number of piperidine rings is 1. The number of ether oxygens (including phenoxy) is 1. The molecule has 29 heavy (non-hydrogen) atoms. The lowest BCUT2D eigenvalue weighted by molar-refractivity contribution is 0.414. The van der Waals surface area contributed by atoms with Gasteiger partial charge in [0.2, 0.25) is 0 Å². The largest absolute Gasteiger partial charge is 0.497 e. The van der Waals surface area contributed by atoms with Gasteiger partial charge in [-0.05, 0) is 55.7 Å². The van der Waals surface area contributed by atoms with Crippen molar-refractivity contribution in [3.63, 3.8) is 0 Å². The summed E-state index contributed by atoms with van der Waals surface area (Å²) < 4.78 is 5.26. The zero-order valence-electron chi connectivity index (χ0n) is 17.0. The normalized spacial score (nSPS) is 14.6. The van der Waals surface area contributed by atoms with Crippen LogP contribution in [0.2, 0.25) is 0 Å². The molecule has 3 heterocycles. The SMILES string of the molecule is CCc1cc(NC2CCN(c3ccc(OC)cc3)CC2)nc(-c2ccccn2)n1. The Labute approximate surface area is 172 Å². The van der Waals surface area contributed by atoms with Crippen LogP contribution in [0.15, 0.2) is 54.7 Å². The van der Waals surface area contributed by atoms with Crippen molar-refractivity contribution in [3.05, 3.63) is 60.4 Å². The van der Waals surface area contributed by atoms with E-state index in [9.17, 15) is 0 Å². The summed E-state index contributed by atoms with van der Waals surface area (Å²) in [5.41, 5.74) is 3.08. The lowest BCUT2D eigenvalue weighted by Gasteiger charge is -2.34. The van der Waals surface area contributed by atoms with Crippen LogP contribution in [0.25, 0.3) is 11.5 Å². The first kappa shape index (κ1) is 19.2. The average molecular weight is 390 g/mol. The van der Waals surface area contributed by atoms with Crippen LogP contribution in [0.4, 0.5) is 11.5 Å². The summed E-state index contributed by atoms with van der Waals surface area (Å²) in [6.45, 7) is 4.15. The Morgan fingerprint density at radius 1 is 1.07 bits per heavy atom. The average Bonchev–Trinajstić information content (AvgIpc) is 2.80. The summed E-state index contributed by atoms with van der Waals surface area (Å²) in [7, 11) is 1.70. The van der Waals surface area contributed by atoms with Crippen LogP contribution in [0.3, 0.4) is 0 Å². The third-order valence-electron chi connectivity index (χ3n) is 5.32. The van der Waals surface area contributed by atoms with Gasteiger partial charge in [-0.3, -0.25) is 4.98 Å². The zero-order valence-corrected chi connectivity index (χ0v) is 17.0. The fourth-order valence-corrected chi connectivity index (χ4v) is 3.65. The van der Waals surface area contributed by atoms with E-state index in [0.29, 0.717) is 11.9 Å². The molecule has 0 bridgehead atoms. The highest BCUT2D eigenvalue weighted by molar-refractivity contribution is 5.53. The lowest BCUT2D eigenvalue weighted by Crippen LogP contribution is -2.39. The Kier molecular flexibility index (Phi) is 5.89. The molecule has 0 radical (unpaired) electrons. The monoisotopic (exact) mass is 389 g/mol. The molecule has 0 amide bonds. The number of nitrogens with zero attached hydrogens (tertiary/aromatic N) is 4. The smallest absolute Gasteiger partial charge is 0.180 e. The molecular weight excluding hydrogens is 362 g/mol. The molecule has 1 aromatic carbocycles. The minimum Gasteiger partial charge on any atom is -0.497 e. The molecule has 2 aromatic heterocycles. The number of aryl methyl sites for hydroxylation is 1. The van der Waals surface area contributed by atoms with Crippen molar-refractivity contribution in [2.45, 2.75) is 32.2 Å². The Balaban J connectivity index is 1.42. The van der Waals surface area contributed by atoms with Crippen molar-refractivity contribution < 1.29 is 4.74 Å². The van der Waals surface area contributed by atoms with Gasteiger partial charge < -0.3 is 15.0 Å². The minimum atomic E-state index is 0.403. The van der Waals surface area contributed by atoms with Crippen LogP contribution in [0.1, 0.15) is 25.5 Å². The number of pyridine rings is 1. The fourth-order valence-electron chi connectivity index (χ4n) is 3.65. The van der Waals surface area contributed by atoms with Gasteiger partial charge in [0.05, 0.1) is 7.11 Å². The quantitative estimate of drug-likeness (QED) is 0.682. The predicted octanol–water partition coefficient (Wildman–Crippen LogP) is 4.19. The standard InChI is InChI=1S/C23H27N5O/c1-3-17-16-22(27-23(26-17)21-6-4-5-13-24-21)25-18-11-14-28(15-12-18)19-7-9-20(29-2)10-8-19/h4-10,13,16,18H,3,11-12,14-15H2,1-2H3,(H,25,26,27). The van der Waals surface area contributed by atoms with Gasteiger partial charge in [-0.25, -0.2) is 9.97 Å². The first-order valence-electron chi connectivity index (χ1n) is 10.2. The van der Waals surface area contributed by atoms with E-state index in [0.717, 1.165) is 55.3 Å². The van der Waals surface area contributed by atoms with Crippen molar-refractivity contribution in [2.75, 3.05) is 30.4 Å². The molecule has 1 saturated heterocycles. The highest BCUT2D eigenvalue weighted by atomic mass is 16.5. The summed E-state index contributed by atoms with van der Waals surface area (Å²) in [6.07, 6.45) is 4.78. The van der Waals surface area contributed by atoms with E-state index >= 15 is 0 Å². The summed E-state index contributed by atoms with van der Waals surface area (Å²) >= 11 is 0. The molecule has 1 aliphatic heterocycles. The number of methoxy groups -OCH3 is 1. The maximum absolute atomic E-state index is 5.26. The van der Waals surface area contributed by atoms with E-state index in [1.54, 1.807) is 13.3 Å². The molecule has 1 fully saturated rings. The van der Waals surface area contributed by atoms with Crippen molar-refractivity contribution in [1.29, 1.82) is 0 Å². The number of hydrogen-bond acceptors (Lipinski definition) is 6. The molecule has 6 nitrogen and oxygen atoms in total. The molecule has 1 aliphatic rings. The van der Waals surface area contributed by atoms with Gasteiger partial charge in [-0.15, -0.1) is 0 Å². The minimum absolute atomic E-state index is 0.403. The molecule has 0 unspecified atom stereocenters. The fraction of sp³-hybridized carbons (Fsp3) is 0.348. The molecule has 1 N–H and O–H groups in total. The number of aromatic nitrogens is 3.